The van der Waals surface area contributed by atoms with Crippen LogP contribution >= 0.6 is 0 Å². The Kier molecular flexibility index (Phi) is 4.50. The van der Waals surface area contributed by atoms with Crippen LogP contribution in [0, 0.1) is 10.1 Å². The minimum absolute atomic E-state index is 0.128. The molecule has 0 bridgehead atoms. The van der Waals surface area contributed by atoms with Gasteiger partial charge in [0.1, 0.15) is 5.69 Å². The van der Waals surface area contributed by atoms with E-state index in [1.54, 1.807) is 36.3 Å². The molecule has 8 nitrogen and oxygen atoms in total. The molecule has 1 aromatic heterocycles. The Morgan fingerprint density at radius 3 is 2.90 bits per heavy atom. The van der Waals surface area contributed by atoms with Crippen LogP contribution in [0.2, 0.25) is 0 Å². The van der Waals surface area contributed by atoms with Gasteiger partial charge in [-0.2, -0.15) is 5.10 Å². The molecule has 2 aromatic rings. The van der Waals surface area contributed by atoms with Crippen LogP contribution in [0.4, 0.5) is 11.4 Å². The molecule has 110 valence electrons. The van der Waals surface area contributed by atoms with Gasteiger partial charge in [0, 0.05) is 37.6 Å². The SMILES string of the molecule is CNc1ccc(C(=O)NCCn2cccn2)cc1[N+](=O)[O-]. The molecule has 0 radical (unpaired) electrons. The van der Waals surface area contributed by atoms with Crippen LogP contribution in [0.1, 0.15) is 10.4 Å². The lowest BCUT2D eigenvalue weighted by atomic mass is 10.1. The first-order chi connectivity index (χ1) is 10.1. The van der Waals surface area contributed by atoms with E-state index < -0.39 is 4.92 Å². The Balaban J connectivity index is 2.01. The highest BCUT2D eigenvalue weighted by atomic mass is 16.6. The minimum atomic E-state index is -0.521. The second-order valence-corrected chi connectivity index (χ2v) is 4.26. The Bertz CT molecular complexity index is 639. The highest BCUT2D eigenvalue weighted by molar-refractivity contribution is 5.95. The van der Waals surface area contributed by atoms with Crippen molar-refractivity contribution < 1.29 is 9.72 Å². The Hall–Kier alpha value is -2.90. The van der Waals surface area contributed by atoms with Gasteiger partial charge in [0.2, 0.25) is 0 Å². The van der Waals surface area contributed by atoms with Gasteiger partial charge in [0.25, 0.3) is 11.6 Å². The zero-order chi connectivity index (χ0) is 15.2. The molecule has 8 heteroatoms. The highest BCUT2D eigenvalue weighted by Crippen LogP contribution is 2.24. The van der Waals surface area contributed by atoms with Gasteiger partial charge in [-0.05, 0) is 18.2 Å². The summed E-state index contributed by atoms with van der Waals surface area (Å²) in [6, 6.07) is 6.11. The number of nitrogens with one attached hydrogen (secondary N) is 2. The third-order valence-electron chi connectivity index (χ3n) is 2.91. The summed E-state index contributed by atoms with van der Waals surface area (Å²) in [6.07, 6.45) is 3.44. The Labute approximate surface area is 120 Å². The fourth-order valence-electron chi connectivity index (χ4n) is 1.85. The van der Waals surface area contributed by atoms with Crippen LogP contribution in [-0.2, 0) is 6.54 Å². The number of carbonyl (C=O) groups excluding carboxylic acids is 1. The van der Waals surface area contributed by atoms with Crippen LogP contribution < -0.4 is 10.6 Å². The van der Waals surface area contributed by atoms with E-state index in [1.807, 2.05) is 0 Å². The van der Waals surface area contributed by atoms with Crippen molar-refractivity contribution in [3.63, 3.8) is 0 Å². The minimum Gasteiger partial charge on any atom is -0.383 e. The number of rotatable bonds is 6. The molecule has 1 heterocycles. The first kappa shape index (κ1) is 14.5. The van der Waals surface area contributed by atoms with Crippen molar-refractivity contribution in [2.24, 2.45) is 0 Å². The van der Waals surface area contributed by atoms with E-state index in [1.165, 1.54) is 12.1 Å². The Morgan fingerprint density at radius 1 is 1.48 bits per heavy atom. The molecule has 0 aliphatic heterocycles. The molecule has 0 aliphatic rings. The summed E-state index contributed by atoms with van der Waals surface area (Å²) in [5.41, 5.74) is 0.492. The second kappa shape index (κ2) is 6.51. The van der Waals surface area contributed by atoms with Crippen LogP contribution in [0.3, 0.4) is 0 Å². The zero-order valence-electron chi connectivity index (χ0n) is 11.4. The lowest BCUT2D eigenvalue weighted by Crippen LogP contribution is -2.27. The molecule has 21 heavy (non-hydrogen) atoms. The lowest BCUT2D eigenvalue weighted by molar-refractivity contribution is -0.384. The summed E-state index contributed by atoms with van der Waals surface area (Å²) >= 11 is 0. The maximum Gasteiger partial charge on any atom is 0.293 e. The predicted molar refractivity (Wildman–Crippen MR) is 77.2 cm³/mol. The number of nitro benzene ring substituents is 1. The molecule has 0 saturated carbocycles. The van der Waals surface area contributed by atoms with Gasteiger partial charge in [0.05, 0.1) is 11.5 Å². The number of carbonyl (C=O) groups is 1. The molecule has 0 fully saturated rings. The monoisotopic (exact) mass is 289 g/mol. The predicted octanol–water partition coefficient (Wildman–Crippen LogP) is 1.26. The molecular formula is C13H15N5O3. The average Bonchev–Trinajstić information content (AvgIpc) is 2.99. The maximum atomic E-state index is 12.0. The molecule has 1 aromatic carbocycles. The molecule has 2 N–H and O–H groups in total. The van der Waals surface area contributed by atoms with Crippen molar-refractivity contribution >= 4 is 17.3 Å². The van der Waals surface area contributed by atoms with E-state index in [9.17, 15) is 14.9 Å². The number of amides is 1. The summed E-state index contributed by atoms with van der Waals surface area (Å²) in [7, 11) is 1.59. The van der Waals surface area contributed by atoms with Crippen molar-refractivity contribution in [1.29, 1.82) is 0 Å². The van der Waals surface area contributed by atoms with E-state index in [2.05, 4.69) is 15.7 Å². The summed E-state index contributed by atoms with van der Waals surface area (Å²) in [5, 5.41) is 20.4. The van der Waals surface area contributed by atoms with Gasteiger partial charge in [-0.3, -0.25) is 19.6 Å². The van der Waals surface area contributed by atoms with Crippen molar-refractivity contribution in [2.45, 2.75) is 6.54 Å². The quantitative estimate of drug-likeness (QED) is 0.615. The van der Waals surface area contributed by atoms with E-state index in [0.29, 0.717) is 18.8 Å². The van der Waals surface area contributed by atoms with Crippen LogP contribution in [0.25, 0.3) is 0 Å². The molecule has 1 amide bonds. The summed E-state index contributed by atoms with van der Waals surface area (Å²) in [6.45, 7) is 0.928. The number of nitrogens with zero attached hydrogens (tertiary/aromatic N) is 3. The zero-order valence-corrected chi connectivity index (χ0v) is 11.4. The van der Waals surface area contributed by atoms with Crippen molar-refractivity contribution in [2.75, 3.05) is 18.9 Å². The normalized spacial score (nSPS) is 10.1. The first-order valence-electron chi connectivity index (χ1n) is 6.33. The summed E-state index contributed by atoms with van der Waals surface area (Å²) in [5.74, 6) is -0.354. The van der Waals surface area contributed by atoms with Crippen LogP contribution in [0.15, 0.2) is 36.7 Å². The topological polar surface area (TPSA) is 102 Å². The molecular weight excluding hydrogens is 274 g/mol. The smallest absolute Gasteiger partial charge is 0.293 e. The van der Waals surface area contributed by atoms with Crippen molar-refractivity contribution in [3.8, 4) is 0 Å². The van der Waals surface area contributed by atoms with E-state index >= 15 is 0 Å². The Morgan fingerprint density at radius 2 is 2.29 bits per heavy atom. The van der Waals surface area contributed by atoms with Gasteiger partial charge >= 0.3 is 0 Å². The largest absolute Gasteiger partial charge is 0.383 e. The number of anilines is 1. The first-order valence-corrected chi connectivity index (χ1v) is 6.33. The molecule has 0 spiro atoms. The highest BCUT2D eigenvalue weighted by Gasteiger charge is 2.16. The average molecular weight is 289 g/mol. The van der Waals surface area contributed by atoms with Gasteiger partial charge in [-0.25, -0.2) is 0 Å². The molecule has 0 saturated heterocycles. The van der Waals surface area contributed by atoms with Crippen LogP contribution in [0.5, 0.6) is 0 Å². The summed E-state index contributed by atoms with van der Waals surface area (Å²) < 4.78 is 1.69. The van der Waals surface area contributed by atoms with Crippen molar-refractivity contribution in [1.82, 2.24) is 15.1 Å². The van der Waals surface area contributed by atoms with Gasteiger partial charge < -0.3 is 10.6 Å². The van der Waals surface area contributed by atoms with Gasteiger partial charge in [-0.1, -0.05) is 0 Å². The molecule has 0 aliphatic carbocycles. The fraction of sp³-hybridized carbons (Fsp3) is 0.231. The van der Waals surface area contributed by atoms with Gasteiger partial charge in [-0.15, -0.1) is 0 Å². The van der Waals surface area contributed by atoms with E-state index in [-0.39, 0.29) is 17.2 Å². The van der Waals surface area contributed by atoms with Gasteiger partial charge in [0.15, 0.2) is 0 Å². The fourth-order valence-corrected chi connectivity index (χ4v) is 1.85. The maximum absolute atomic E-state index is 12.0. The standard InChI is InChI=1S/C13H15N5O3/c1-14-11-4-3-10(9-12(11)18(20)21)13(19)15-6-8-17-7-2-5-16-17/h2-5,7,9,14H,6,8H2,1H3,(H,15,19). The number of hydrogen-bond donors (Lipinski definition) is 2. The summed E-state index contributed by atoms with van der Waals surface area (Å²) in [4.78, 5) is 22.4. The lowest BCUT2D eigenvalue weighted by Gasteiger charge is -2.07. The van der Waals surface area contributed by atoms with E-state index in [0.717, 1.165) is 0 Å². The second-order valence-electron chi connectivity index (χ2n) is 4.26. The number of benzene rings is 1. The third-order valence-corrected chi connectivity index (χ3v) is 2.91. The van der Waals surface area contributed by atoms with E-state index in [4.69, 9.17) is 0 Å². The number of nitro groups is 1. The third kappa shape index (κ3) is 3.56. The van der Waals surface area contributed by atoms with Crippen molar-refractivity contribution in [3.05, 3.63) is 52.3 Å². The molecule has 0 unspecified atom stereocenters. The number of aromatic nitrogens is 2. The van der Waals surface area contributed by atoms with Crippen LogP contribution in [-0.4, -0.2) is 34.2 Å². The molecule has 0 atom stereocenters. The number of hydrogen-bond acceptors (Lipinski definition) is 5. The molecule has 2 rings (SSSR count).